The monoisotopic (exact) mass is 278 g/mol. The highest BCUT2D eigenvalue weighted by molar-refractivity contribution is 5.75. The van der Waals surface area contributed by atoms with E-state index in [0.717, 1.165) is 13.0 Å². The van der Waals surface area contributed by atoms with Crippen LogP contribution in [0.5, 0.6) is 5.75 Å². The quantitative estimate of drug-likeness (QED) is 0.510. The van der Waals surface area contributed by atoms with Crippen LogP contribution >= 0.6 is 0 Å². The van der Waals surface area contributed by atoms with Crippen molar-refractivity contribution in [3.8, 4) is 5.75 Å². The van der Waals surface area contributed by atoms with E-state index >= 15 is 0 Å². The minimum Gasteiger partial charge on any atom is -0.491 e. The normalized spacial score (nSPS) is 10.2. The number of rotatable bonds is 10. The molecule has 0 atom stereocenters. The molecule has 4 nitrogen and oxygen atoms in total. The Morgan fingerprint density at radius 1 is 1.20 bits per heavy atom. The molecular weight excluding hydrogens is 252 g/mol. The molecule has 0 bridgehead atoms. The van der Waals surface area contributed by atoms with E-state index in [-0.39, 0.29) is 5.91 Å². The van der Waals surface area contributed by atoms with Gasteiger partial charge < -0.3 is 15.8 Å². The number of para-hydroxylation sites is 2. The molecule has 0 heterocycles. The number of benzene rings is 1. The first-order chi connectivity index (χ1) is 9.74. The number of nitrogens with one attached hydrogen (secondary N) is 1. The fourth-order valence-corrected chi connectivity index (χ4v) is 1.89. The predicted molar refractivity (Wildman–Crippen MR) is 82.7 cm³/mol. The van der Waals surface area contributed by atoms with E-state index in [1.54, 1.807) is 6.07 Å². The Morgan fingerprint density at radius 3 is 2.75 bits per heavy atom. The van der Waals surface area contributed by atoms with E-state index in [0.29, 0.717) is 30.9 Å². The van der Waals surface area contributed by atoms with Gasteiger partial charge in [-0.15, -0.1) is 0 Å². The molecule has 20 heavy (non-hydrogen) atoms. The molecule has 0 spiro atoms. The molecule has 1 aromatic rings. The van der Waals surface area contributed by atoms with Gasteiger partial charge in [-0.25, -0.2) is 0 Å². The van der Waals surface area contributed by atoms with Gasteiger partial charge in [0.1, 0.15) is 5.75 Å². The number of carbonyl (C=O) groups is 1. The summed E-state index contributed by atoms with van der Waals surface area (Å²) in [6.07, 6.45) is 5.91. The van der Waals surface area contributed by atoms with Gasteiger partial charge >= 0.3 is 0 Å². The summed E-state index contributed by atoms with van der Waals surface area (Å²) in [5.74, 6) is 0.790. The summed E-state index contributed by atoms with van der Waals surface area (Å²) in [7, 11) is 0. The molecule has 1 aromatic carbocycles. The lowest BCUT2D eigenvalue weighted by Crippen LogP contribution is -2.24. The van der Waals surface area contributed by atoms with Gasteiger partial charge in [-0.3, -0.25) is 4.79 Å². The second-order valence-electron chi connectivity index (χ2n) is 4.90. The molecule has 0 aliphatic heterocycles. The van der Waals surface area contributed by atoms with E-state index < -0.39 is 0 Å². The molecular formula is C16H26N2O2. The fraction of sp³-hybridized carbons (Fsp3) is 0.562. The first kappa shape index (κ1) is 16.3. The van der Waals surface area contributed by atoms with Crippen molar-refractivity contribution < 1.29 is 9.53 Å². The lowest BCUT2D eigenvalue weighted by atomic mass is 10.2. The van der Waals surface area contributed by atoms with Gasteiger partial charge in [0.05, 0.1) is 12.3 Å². The number of nitrogen functional groups attached to an aromatic ring is 1. The predicted octanol–water partition coefficient (Wildman–Crippen LogP) is 3.12. The number of anilines is 1. The lowest BCUT2D eigenvalue weighted by Gasteiger charge is -2.08. The van der Waals surface area contributed by atoms with Crippen LogP contribution in [0, 0.1) is 0 Å². The standard InChI is InChI=1S/C16H26N2O2/c1-2-3-4-7-12-18-16(19)11-8-13-20-15-10-6-5-9-14(15)17/h5-6,9-10H,2-4,7-8,11-13,17H2,1H3,(H,18,19). The topological polar surface area (TPSA) is 64.3 Å². The summed E-state index contributed by atoms with van der Waals surface area (Å²) in [4.78, 5) is 11.6. The summed E-state index contributed by atoms with van der Waals surface area (Å²) in [6, 6.07) is 7.39. The van der Waals surface area contributed by atoms with Crippen LogP contribution in [0.25, 0.3) is 0 Å². The van der Waals surface area contributed by atoms with Crippen LogP contribution in [0.4, 0.5) is 5.69 Å². The maximum Gasteiger partial charge on any atom is 0.220 e. The molecule has 0 fully saturated rings. The molecule has 1 rings (SSSR count). The molecule has 3 N–H and O–H groups in total. The fourth-order valence-electron chi connectivity index (χ4n) is 1.89. The summed E-state index contributed by atoms with van der Waals surface area (Å²) < 4.78 is 5.54. The first-order valence-corrected chi connectivity index (χ1v) is 7.48. The van der Waals surface area contributed by atoms with E-state index in [1.165, 1.54) is 19.3 Å². The van der Waals surface area contributed by atoms with E-state index in [9.17, 15) is 4.79 Å². The smallest absolute Gasteiger partial charge is 0.220 e. The van der Waals surface area contributed by atoms with Crippen molar-refractivity contribution in [2.75, 3.05) is 18.9 Å². The van der Waals surface area contributed by atoms with Gasteiger partial charge in [-0.1, -0.05) is 38.3 Å². The number of carbonyl (C=O) groups excluding carboxylic acids is 1. The average molecular weight is 278 g/mol. The molecule has 1 amide bonds. The van der Waals surface area contributed by atoms with Crippen LogP contribution < -0.4 is 15.8 Å². The Labute approximate surface area is 121 Å². The summed E-state index contributed by atoms with van der Waals surface area (Å²) in [5, 5.41) is 2.93. The van der Waals surface area contributed by atoms with Gasteiger partial charge in [0.25, 0.3) is 0 Å². The second kappa shape index (κ2) is 10.1. The summed E-state index contributed by atoms with van der Waals surface area (Å²) in [6.45, 7) is 3.47. The largest absolute Gasteiger partial charge is 0.491 e. The van der Waals surface area contributed by atoms with Crippen LogP contribution in [0.3, 0.4) is 0 Å². The zero-order valence-corrected chi connectivity index (χ0v) is 12.4. The highest BCUT2D eigenvalue weighted by Gasteiger charge is 2.02. The lowest BCUT2D eigenvalue weighted by molar-refractivity contribution is -0.121. The minimum absolute atomic E-state index is 0.103. The molecule has 0 saturated heterocycles. The summed E-state index contributed by atoms with van der Waals surface area (Å²) in [5.41, 5.74) is 6.40. The van der Waals surface area contributed by atoms with Gasteiger partial charge in [-0.05, 0) is 25.0 Å². The van der Waals surface area contributed by atoms with Gasteiger partial charge in [0, 0.05) is 13.0 Å². The van der Waals surface area contributed by atoms with Crippen LogP contribution in [-0.2, 0) is 4.79 Å². The van der Waals surface area contributed by atoms with Crippen molar-refractivity contribution in [2.45, 2.75) is 45.4 Å². The van der Waals surface area contributed by atoms with Crippen molar-refractivity contribution in [3.63, 3.8) is 0 Å². The van der Waals surface area contributed by atoms with E-state index in [2.05, 4.69) is 12.2 Å². The zero-order chi connectivity index (χ0) is 14.6. The number of unbranched alkanes of at least 4 members (excludes halogenated alkanes) is 3. The van der Waals surface area contributed by atoms with Crippen molar-refractivity contribution in [1.29, 1.82) is 0 Å². The van der Waals surface area contributed by atoms with Crippen LogP contribution in [0.2, 0.25) is 0 Å². The number of hydrogen-bond donors (Lipinski definition) is 2. The van der Waals surface area contributed by atoms with Crippen LogP contribution in [0.15, 0.2) is 24.3 Å². The van der Waals surface area contributed by atoms with Crippen molar-refractivity contribution in [2.24, 2.45) is 0 Å². The number of hydrogen-bond acceptors (Lipinski definition) is 3. The first-order valence-electron chi connectivity index (χ1n) is 7.48. The number of amides is 1. The second-order valence-corrected chi connectivity index (χ2v) is 4.90. The van der Waals surface area contributed by atoms with Gasteiger partial charge in [-0.2, -0.15) is 0 Å². The number of ether oxygens (including phenoxy) is 1. The highest BCUT2D eigenvalue weighted by atomic mass is 16.5. The Kier molecular flexibility index (Phi) is 8.27. The minimum atomic E-state index is 0.103. The third-order valence-corrected chi connectivity index (χ3v) is 3.08. The van der Waals surface area contributed by atoms with Crippen molar-refractivity contribution in [3.05, 3.63) is 24.3 Å². The van der Waals surface area contributed by atoms with Crippen molar-refractivity contribution in [1.82, 2.24) is 5.32 Å². The molecule has 0 unspecified atom stereocenters. The van der Waals surface area contributed by atoms with Crippen molar-refractivity contribution >= 4 is 11.6 Å². The maximum atomic E-state index is 11.6. The van der Waals surface area contributed by atoms with Gasteiger partial charge in [0.2, 0.25) is 5.91 Å². The van der Waals surface area contributed by atoms with Gasteiger partial charge in [0.15, 0.2) is 0 Å². The molecule has 0 aliphatic rings. The molecule has 0 saturated carbocycles. The Bertz CT molecular complexity index is 394. The molecule has 0 radical (unpaired) electrons. The SMILES string of the molecule is CCCCCCNC(=O)CCCOc1ccccc1N. The van der Waals surface area contributed by atoms with Crippen LogP contribution in [0.1, 0.15) is 45.4 Å². The maximum absolute atomic E-state index is 11.6. The third kappa shape index (κ3) is 7.02. The number of nitrogens with two attached hydrogens (primary N) is 1. The van der Waals surface area contributed by atoms with E-state index in [4.69, 9.17) is 10.5 Å². The molecule has 0 aliphatic carbocycles. The van der Waals surface area contributed by atoms with Crippen LogP contribution in [-0.4, -0.2) is 19.1 Å². The molecule has 4 heteroatoms. The zero-order valence-electron chi connectivity index (χ0n) is 12.4. The highest BCUT2D eigenvalue weighted by Crippen LogP contribution is 2.19. The summed E-state index contributed by atoms with van der Waals surface area (Å²) >= 11 is 0. The third-order valence-electron chi connectivity index (χ3n) is 3.08. The Morgan fingerprint density at radius 2 is 2.00 bits per heavy atom. The molecule has 0 aromatic heterocycles. The average Bonchev–Trinajstić information content (AvgIpc) is 2.45. The Hall–Kier alpha value is -1.71. The van der Waals surface area contributed by atoms with E-state index in [1.807, 2.05) is 18.2 Å². The Balaban J connectivity index is 2.03. The molecule has 112 valence electrons.